The summed E-state index contributed by atoms with van der Waals surface area (Å²) in [5.41, 5.74) is 13.5. The van der Waals surface area contributed by atoms with E-state index < -0.39 is 23.9 Å². The first-order valence-corrected chi connectivity index (χ1v) is 39.7. The molecule has 2 aliphatic carbocycles. The highest BCUT2D eigenvalue weighted by atomic mass is 16.4. The Labute approximate surface area is 645 Å². The molecule has 10 rings (SSSR count). The summed E-state index contributed by atoms with van der Waals surface area (Å²) >= 11 is 0. The zero-order valence-corrected chi connectivity index (χ0v) is 64.2. The van der Waals surface area contributed by atoms with Gasteiger partial charge in [-0.3, -0.25) is 19.2 Å². The van der Waals surface area contributed by atoms with Gasteiger partial charge in [-0.2, -0.15) is 0 Å². The second-order valence-corrected chi connectivity index (χ2v) is 29.0. The fourth-order valence-corrected chi connectivity index (χ4v) is 14.2. The fourth-order valence-electron chi connectivity index (χ4n) is 14.2. The van der Waals surface area contributed by atoms with Crippen LogP contribution in [0.5, 0.6) is 0 Å². The van der Waals surface area contributed by atoms with Gasteiger partial charge >= 0.3 is 23.9 Å². The zero-order chi connectivity index (χ0) is 78.0. The molecule has 16 heteroatoms. The van der Waals surface area contributed by atoms with E-state index in [0.717, 1.165) is 242 Å². The zero-order valence-electron chi connectivity index (χ0n) is 64.2. The number of aromatic carboxylic acids is 4. The van der Waals surface area contributed by atoms with Gasteiger partial charge in [0.2, 0.25) is 23.6 Å². The number of benzene rings is 8. The van der Waals surface area contributed by atoms with Crippen molar-refractivity contribution in [2.75, 3.05) is 21.3 Å². The molecule has 0 radical (unpaired) electrons. The Kier molecular flexibility index (Phi) is 37.8. The first kappa shape index (κ1) is 85.8. The second kappa shape index (κ2) is 48.0. The lowest BCUT2D eigenvalue weighted by Crippen LogP contribution is -2.25. The summed E-state index contributed by atoms with van der Waals surface area (Å²) in [6.45, 7) is 5.76. The molecule has 2 aliphatic rings. The van der Waals surface area contributed by atoms with E-state index >= 15 is 0 Å². The average molecular weight is 1480 g/mol. The van der Waals surface area contributed by atoms with Crippen LogP contribution in [0.4, 0.5) is 22.7 Å². The summed E-state index contributed by atoms with van der Waals surface area (Å²) in [7, 11) is 0. The first-order valence-electron chi connectivity index (χ1n) is 39.7. The smallest absolute Gasteiger partial charge is 0.335 e. The quantitative estimate of drug-likeness (QED) is 0.0169. The van der Waals surface area contributed by atoms with E-state index in [1.807, 2.05) is 142 Å². The van der Waals surface area contributed by atoms with Crippen LogP contribution in [-0.4, -0.2) is 67.9 Å². The van der Waals surface area contributed by atoms with Crippen LogP contribution in [0, 0.1) is 17.8 Å². The summed E-state index contributed by atoms with van der Waals surface area (Å²) < 4.78 is 0. The van der Waals surface area contributed by atoms with Crippen molar-refractivity contribution in [3.8, 4) is 0 Å². The van der Waals surface area contributed by atoms with Crippen molar-refractivity contribution < 1.29 is 58.8 Å². The molecule has 0 aliphatic heterocycles. The molecule has 2 saturated carbocycles. The third kappa shape index (κ3) is 30.2. The van der Waals surface area contributed by atoms with Crippen LogP contribution in [0.3, 0.4) is 0 Å². The van der Waals surface area contributed by atoms with Crippen LogP contribution in [0.25, 0.3) is 0 Å². The fraction of sp³-hybridized carbons (Fsp3) is 0.398. The molecule has 0 saturated heterocycles. The Morgan fingerprint density at radius 1 is 0.303 bits per heavy atom. The third-order valence-electron chi connectivity index (χ3n) is 20.4. The summed E-state index contributed by atoms with van der Waals surface area (Å²) in [5, 5.41) is 49.3. The van der Waals surface area contributed by atoms with Crippen molar-refractivity contribution in [3.05, 3.63) is 261 Å². The minimum atomic E-state index is -0.865. The molecule has 0 unspecified atom stereocenters. The molecule has 16 nitrogen and oxygen atoms in total. The Morgan fingerprint density at radius 3 is 0.798 bits per heavy atom. The molecule has 578 valence electrons. The highest BCUT2D eigenvalue weighted by Crippen LogP contribution is 2.30. The Hall–Kier alpha value is -10.5. The van der Waals surface area contributed by atoms with E-state index in [2.05, 4.69) is 45.5 Å². The number of rotatable bonds is 37. The molecule has 109 heavy (non-hydrogen) atoms. The summed E-state index contributed by atoms with van der Waals surface area (Å²) in [5.74, 6) is -2.74. The number of hydrogen-bond donors (Lipinski definition) is 8. The Morgan fingerprint density at radius 2 is 0.532 bits per heavy atom. The molecule has 8 N–H and O–H groups in total. The summed E-state index contributed by atoms with van der Waals surface area (Å²) in [6.07, 6.45) is 30.0. The molecule has 0 heterocycles. The van der Waals surface area contributed by atoms with Gasteiger partial charge in [-0.1, -0.05) is 224 Å². The lowest BCUT2D eigenvalue weighted by Gasteiger charge is -2.21. The largest absolute Gasteiger partial charge is 0.478 e. The van der Waals surface area contributed by atoms with Crippen molar-refractivity contribution in [2.24, 2.45) is 17.8 Å². The van der Waals surface area contributed by atoms with Crippen molar-refractivity contribution in [1.82, 2.24) is 0 Å². The normalized spacial score (nSPS) is 12.6. The topological polar surface area (TPSA) is 266 Å². The number of nitrogens with one attached hydrogen (secondary N) is 4. The number of para-hydroxylation sites is 4. The van der Waals surface area contributed by atoms with Gasteiger partial charge in [-0.05, 0) is 228 Å². The molecule has 0 bridgehead atoms. The van der Waals surface area contributed by atoms with E-state index in [1.54, 1.807) is 48.5 Å². The van der Waals surface area contributed by atoms with Crippen LogP contribution < -0.4 is 21.3 Å². The van der Waals surface area contributed by atoms with Gasteiger partial charge in [-0.15, -0.1) is 0 Å². The minimum Gasteiger partial charge on any atom is -0.478 e. The second-order valence-electron chi connectivity index (χ2n) is 29.0. The van der Waals surface area contributed by atoms with E-state index in [1.165, 1.54) is 17.5 Å². The number of carbonyl (C=O) groups is 8. The third-order valence-corrected chi connectivity index (χ3v) is 20.4. The number of carbonyl (C=O) groups excluding carboxylic acids is 4. The van der Waals surface area contributed by atoms with Gasteiger partial charge in [0.05, 0.1) is 22.3 Å². The SMILES string of the molecule is CC(C)C(=O)Nc1ccccc1CCCCCc1ccccc1C(=O)O.CCCC(=O)Nc1ccccc1CCCCCc1ccccc1C(=O)O.O=C(O)c1ccccc1CCCCCc1ccccc1NC(=O)C1CCCC1.O=C(O)c1ccccc1CCCCCc1ccccc1NC(=O)C1CCCCC1. The first-order chi connectivity index (χ1) is 52.9. The molecule has 8 aromatic carbocycles. The predicted molar refractivity (Wildman–Crippen MR) is 437 cm³/mol. The van der Waals surface area contributed by atoms with E-state index in [0.29, 0.717) is 28.7 Å². The molecular weight excluding hydrogens is 1370 g/mol. The maximum Gasteiger partial charge on any atom is 0.335 e. The molecule has 4 amide bonds. The van der Waals surface area contributed by atoms with Crippen LogP contribution in [-0.2, 0) is 70.5 Å². The number of anilines is 4. The van der Waals surface area contributed by atoms with Gasteiger partial charge in [0.1, 0.15) is 0 Å². The van der Waals surface area contributed by atoms with Crippen LogP contribution in [0.15, 0.2) is 194 Å². The highest BCUT2D eigenvalue weighted by molar-refractivity contribution is 5.96. The van der Waals surface area contributed by atoms with Crippen molar-refractivity contribution in [2.45, 2.75) is 220 Å². The van der Waals surface area contributed by atoms with Gasteiger partial charge in [0.15, 0.2) is 0 Å². The molecule has 0 atom stereocenters. The summed E-state index contributed by atoms with van der Waals surface area (Å²) in [6, 6.07) is 60.9. The minimum absolute atomic E-state index is 0.0303. The van der Waals surface area contributed by atoms with E-state index in [-0.39, 0.29) is 41.4 Å². The van der Waals surface area contributed by atoms with Crippen molar-refractivity contribution in [1.29, 1.82) is 0 Å². The van der Waals surface area contributed by atoms with Crippen LogP contribution in [0.1, 0.15) is 254 Å². The average Bonchev–Trinajstić information content (AvgIpc) is 1.14. The standard InChI is InChI=1S/C25H31NO3.C24H29NO3.2C22H27NO3/c27-24(21-15-5-2-6-16-21)26-23-18-10-8-14-20(23)13-4-1-3-11-19-12-7-9-17-22(19)25(28)29;26-23(20-14-4-5-15-20)25-22-17-9-7-13-19(22)12-3-1-2-10-18-11-6-8-16-21(18)24(27)28;1-16(2)21(24)23-20-15-9-7-13-18(20)12-5-3-4-10-17-11-6-8-14-19(17)22(25)26;1-2-10-21(24)23-20-16-9-7-14-18(20)13-5-3-4-11-17-12-6-8-15-19(17)22(25)26/h7-10,12,14,17-18,21H,1-6,11,13,15-16H2,(H,26,27)(H,28,29);6-9,11,13,16-17,20H,1-5,10,12,14-15H2,(H,25,26)(H,27,28);6-9,11,13-16H,3-5,10,12H2,1-2H3,(H,23,24)(H,25,26);6-9,12,14-16H,2-5,10-11,13H2,1H3,(H,23,24)(H,25,26). The highest BCUT2D eigenvalue weighted by Gasteiger charge is 2.25. The Balaban J connectivity index is 0.000000202. The van der Waals surface area contributed by atoms with E-state index in [4.69, 9.17) is 0 Å². The number of hydrogen-bond acceptors (Lipinski definition) is 8. The van der Waals surface area contributed by atoms with Gasteiger partial charge in [0.25, 0.3) is 0 Å². The predicted octanol–water partition coefficient (Wildman–Crippen LogP) is 21.3. The lowest BCUT2D eigenvalue weighted by molar-refractivity contribution is -0.121. The monoisotopic (exact) mass is 1480 g/mol. The van der Waals surface area contributed by atoms with Gasteiger partial charge in [0, 0.05) is 46.9 Å². The molecule has 0 aromatic heterocycles. The van der Waals surface area contributed by atoms with Crippen LogP contribution in [0.2, 0.25) is 0 Å². The number of amides is 4. The van der Waals surface area contributed by atoms with Crippen molar-refractivity contribution >= 4 is 70.3 Å². The molecule has 2 fully saturated rings. The lowest BCUT2D eigenvalue weighted by atomic mass is 9.88. The summed E-state index contributed by atoms with van der Waals surface area (Å²) in [4.78, 5) is 93.8. The number of aryl methyl sites for hydroxylation is 8. The Bertz CT molecular complexity index is 4190. The van der Waals surface area contributed by atoms with Crippen molar-refractivity contribution in [3.63, 3.8) is 0 Å². The maximum atomic E-state index is 12.6. The molecular formula is C93H114N4O12. The van der Waals surface area contributed by atoms with Gasteiger partial charge in [-0.25, -0.2) is 19.2 Å². The number of carboxylic acid groups (broad SMARTS) is 4. The van der Waals surface area contributed by atoms with E-state index in [9.17, 15) is 58.8 Å². The number of unbranched alkanes of at least 4 members (excludes halogenated alkanes) is 8. The molecule has 8 aromatic rings. The van der Waals surface area contributed by atoms with Gasteiger partial charge < -0.3 is 41.7 Å². The van der Waals surface area contributed by atoms with Crippen LogP contribution >= 0.6 is 0 Å². The maximum absolute atomic E-state index is 12.6. The number of carboxylic acids is 4. The molecule has 0 spiro atoms.